The van der Waals surface area contributed by atoms with E-state index < -0.39 is 0 Å². The molecule has 0 radical (unpaired) electrons. The van der Waals surface area contributed by atoms with Crippen molar-refractivity contribution in [1.82, 2.24) is 10.6 Å². The van der Waals surface area contributed by atoms with Crippen LogP contribution in [0.1, 0.15) is 75.6 Å². The quantitative estimate of drug-likeness (QED) is 0.595. The molecule has 0 saturated carbocycles. The van der Waals surface area contributed by atoms with E-state index in [4.69, 9.17) is 0 Å². The molecular weight excluding hydrogens is 396 g/mol. The van der Waals surface area contributed by atoms with Gasteiger partial charge in [0.15, 0.2) is 11.6 Å². The van der Waals surface area contributed by atoms with Crippen LogP contribution in [0.25, 0.3) is 0 Å². The summed E-state index contributed by atoms with van der Waals surface area (Å²) in [5.41, 5.74) is 4.66. The number of ketones is 2. The molecule has 2 aliphatic carbocycles. The number of carbonyl (C=O) groups excluding carboxylic acids is 2. The van der Waals surface area contributed by atoms with Gasteiger partial charge in [0.05, 0.1) is 0 Å². The molecule has 2 aromatic carbocycles. The Bertz CT molecular complexity index is 868. The Morgan fingerprint density at radius 1 is 0.594 bits per heavy atom. The molecule has 0 fully saturated rings. The van der Waals surface area contributed by atoms with Crippen molar-refractivity contribution < 1.29 is 9.59 Å². The van der Waals surface area contributed by atoms with E-state index in [1.165, 1.54) is 11.1 Å². The molecule has 0 aliphatic heterocycles. The molecular formula is C28H34N2O2. The summed E-state index contributed by atoms with van der Waals surface area (Å²) < 4.78 is 0. The fraction of sp³-hybridized carbons (Fsp3) is 0.357. The van der Waals surface area contributed by atoms with Gasteiger partial charge in [0, 0.05) is 48.5 Å². The highest BCUT2D eigenvalue weighted by molar-refractivity contribution is 5.91. The van der Waals surface area contributed by atoms with Gasteiger partial charge in [0.2, 0.25) is 0 Å². The molecule has 4 heteroatoms. The summed E-state index contributed by atoms with van der Waals surface area (Å²) in [4.78, 5) is 22.6. The van der Waals surface area contributed by atoms with Crippen LogP contribution in [0.4, 0.5) is 0 Å². The maximum absolute atomic E-state index is 11.3. The van der Waals surface area contributed by atoms with Crippen LogP contribution in [0.2, 0.25) is 0 Å². The molecule has 2 aromatic rings. The van der Waals surface area contributed by atoms with E-state index in [0.29, 0.717) is 12.8 Å². The molecule has 2 N–H and O–H groups in total. The van der Waals surface area contributed by atoms with Crippen molar-refractivity contribution in [2.45, 2.75) is 64.5 Å². The zero-order chi connectivity index (χ0) is 22.8. The van der Waals surface area contributed by atoms with Crippen molar-refractivity contribution in [2.75, 3.05) is 0 Å². The molecule has 0 aromatic heterocycles. The molecule has 0 spiro atoms. The van der Waals surface area contributed by atoms with Crippen molar-refractivity contribution >= 4 is 11.6 Å². The zero-order valence-corrected chi connectivity index (χ0v) is 19.1. The van der Waals surface area contributed by atoms with Gasteiger partial charge in [-0.3, -0.25) is 9.59 Å². The van der Waals surface area contributed by atoms with Gasteiger partial charge in [-0.15, -0.1) is 0 Å². The third-order valence-corrected chi connectivity index (χ3v) is 5.81. The van der Waals surface area contributed by atoms with Crippen LogP contribution >= 0.6 is 0 Å². The van der Waals surface area contributed by atoms with Crippen LogP contribution < -0.4 is 10.6 Å². The SMILES string of the molecule is C[C@@H](NC1=CC(=O)CCC1)c1ccccc1.C[C@@H](NC1=CC(=O)CCC1)c1ccccc1. The Hall–Kier alpha value is -3.14. The maximum Gasteiger partial charge on any atom is 0.157 e. The molecule has 0 bridgehead atoms. The zero-order valence-electron chi connectivity index (χ0n) is 19.1. The fourth-order valence-corrected chi connectivity index (χ4v) is 4.02. The number of hydrogen-bond acceptors (Lipinski definition) is 4. The summed E-state index contributed by atoms with van der Waals surface area (Å²) >= 11 is 0. The first kappa shape index (κ1) is 23.5. The van der Waals surface area contributed by atoms with Crippen molar-refractivity contribution in [3.05, 3.63) is 95.3 Å². The summed E-state index contributed by atoms with van der Waals surface area (Å²) in [5.74, 6) is 0.489. The van der Waals surface area contributed by atoms with E-state index in [1.54, 1.807) is 12.2 Å². The standard InChI is InChI=1S/2C14H17NO/c2*1-11(12-6-3-2-4-7-12)15-13-8-5-9-14(16)10-13/h2*2-4,6-7,10-11,15H,5,8-9H2,1H3/t2*11-/m11/s1. The van der Waals surface area contributed by atoms with Crippen molar-refractivity contribution in [3.8, 4) is 0 Å². The van der Waals surface area contributed by atoms with Crippen LogP contribution in [-0.2, 0) is 9.59 Å². The Labute approximate surface area is 191 Å². The van der Waals surface area contributed by atoms with Gasteiger partial charge < -0.3 is 10.6 Å². The van der Waals surface area contributed by atoms with Crippen LogP contribution in [-0.4, -0.2) is 11.6 Å². The average molecular weight is 431 g/mol. The van der Waals surface area contributed by atoms with E-state index >= 15 is 0 Å². The second kappa shape index (κ2) is 12.0. The molecule has 2 aliphatic rings. The third kappa shape index (κ3) is 7.52. The second-order valence-electron chi connectivity index (χ2n) is 8.53. The van der Waals surface area contributed by atoms with E-state index in [2.05, 4.69) is 48.7 Å². The van der Waals surface area contributed by atoms with Crippen LogP contribution in [0, 0.1) is 0 Å². The largest absolute Gasteiger partial charge is 0.382 e. The van der Waals surface area contributed by atoms with Gasteiger partial charge in [-0.1, -0.05) is 60.7 Å². The smallest absolute Gasteiger partial charge is 0.157 e. The van der Waals surface area contributed by atoms with Crippen molar-refractivity contribution in [1.29, 1.82) is 0 Å². The van der Waals surface area contributed by atoms with Gasteiger partial charge in [-0.25, -0.2) is 0 Å². The minimum absolute atomic E-state index is 0.244. The van der Waals surface area contributed by atoms with Crippen molar-refractivity contribution in [2.24, 2.45) is 0 Å². The topological polar surface area (TPSA) is 58.2 Å². The Balaban J connectivity index is 0.000000181. The highest BCUT2D eigenvalue weighted by Crippen LogP contribution is 2.19. The highest BCUT2D eigenvalue weighted by Gasteiger charge is 2.13. The van der Waals surface area contributed by atoms with Gasteiger partial charge in [-0.2, -0.15) is 0 Å². The lowest BCUT2D eigenvalue weighted by atomic mass is 10.0. The number of benzene rings is 2. The van der Waals surface area contributed by atoms with Gasteiger partial charge in [0.25, 0.3) is 0 Å². The van der Waals surface area contributed by atoms with E-state index in [9.17, 15) is 9.59 Å². The normalized spacial score (nSPS) is 17.8. The molecule has 4 rings (SSSR count). The summed E-state index contributed by atoms with van der Waals surface area (Å²) in [7, 11) is 0. The number of hydrogen-bond donors (Lipinski definition) is 2. The van der Waals surface area contributed by atoms with Crippen molar-refractivity contribution in [3.63, 3.8) is 0 Å². The minimum atomic E-state index is 0.244. The number of carbonyl (C=O) groups is 2. The summed E-state index contributed by atoms with van der Waals surface area (Å²) in [6.07, 6.45) is 8.83. The molecule has 168 valence electrons. The predicted octanol–water partition coefficient (Wildman–Crippen LogP) is 5.95. The maximum atomic E-state index is 11.3. The first-order valence-corrected chi connectivity index (χ1v) is 11.6. The Morgan fingerprint density at radius 3 is 1.31 bits per heavy atom. The molecule has 0 amide bonds. The van der Waals surface area contributed by atoms with E-state index in [-0.39, 0.29) is 23.7 Å². The number of allylic oxidation sites excluding steroid dienone is 4. The summed E-state index contributed by atoms with van der Waals surface area (Å²) in [6.45, 7) is 4.24. The van der Waals surface area contributed by atoms with Gasteiger partial charge in [-0.05, 0) is 50.7 Å². The lowest BCUT2D eigenvalue weighted by Crippen LogP contribution is -2.21. The highest BCUT2D eigenvalue weighted by atomic mass is 16.1. The van der Waals surface area contributed by atoms with Crippen LogP contribution in [0.5, 0.6) is 0 Å². The Morgan fingerprint density at radius 2 is 0.969 bits per heavy atom. The lowest BCUT2D eigenvalue weighted by molar-refractivity contribution is -0.115. The van der Waals surface area contributed by atoms with E-state index in [1.807, 2.05) is 36.4 Å². The summed E-state index contributed by atoms with van der Waals surface area (Å²) in [5, 5.41) is 6.81. The summed E-state index contributed by atoms with van der Waals surface area (Å²) in [6, 6.07) is 21.1. The fourth-order valence-electron chi connectivity index (χ4n) is 4.02. The molecule has 32 heavy (non-hydrogen) atoms. The third-order valence-electron chi connectivity index (χ3n) is 5.81. The van der Waals surface area contributed by atoms with Gasteiger partial charge >= 0.3 is 0 Å². The number of rotatable bonds is 6. The molecule has 0 saturated heterocycles. The first-order chi connectivity index (χ1) is 15.5. The molecule has 0 heterocycles. The average Bonchev–Trinajstić information content (AvgIpc) is 2.81. The molecule has 2 atom stereocenters. The Kier molecular flexibility index (Phi) is 8.85. The van der Waals surface area contributed by atoms with E-state index in [0.717, 1.165) is 37.1 Å². The molecule has 0 unspecified atom stereocenters. The predicted molar refractivity (Wildman–Crippen MR) is 130 cm³/mol. The number of nitrogens with one attached hydrogen (secondary N) is 2. The monoisotopic (exact) mass is 430 g/mol. The van der Waals surface area contributed by atoms with Crippen LogP contribution in [0.3, 0.4) is 0 Å². The minimum Gasteiger partial charge on any atom is -0.382 e. The second-order valence-corrected chi connectivity index (χ2v) is 8.53. The first-order valence-electron chi connectivity index (χ1n) is 11.6. The van der Waals surface area contributed by atoms with Crippen LogP contribution in [0.15, 0.2) is 84.2 Å². The van der Waals surface area contributed by atoms with Gasteiger partial charge in [0.1, 0.15) is 0 Å². The molecule has 4 nitrogen and oxygen atoms in total. The lowest BCUT2D eigenvalue weighted by Gasteiger charge is -2.20.